The Balaban J connectivity index is 1.62. The van der Waals surface area contributed by atoms with Crippen molar-refractivity contribution in [2.24, 2.45) is 0 Å². The van der Waals surface area contributed by atoms with Crippen LogP contribution in [0.25, 0.3) is 0 Å². The molecule has 0 saturated carbocycles. The van der Waals surface area contributed by atoms with Gasteiger partial charge in [0.15, 0.2) is 0 Å². The highest BCUT2D eigenvalue weighted by atomic mass is 16.5. The first kappa shape index (κ1) is 19.8. The fourth-order valence-electron chi connectivity index (χ4n) is 3.39. The van der Waals surface area contributed by atoms with Crippen LogP contribution >= 0.6 is 0 Å². The number of amides is 2. The van der Waals surface area contributed by atoms with Crippen LogP contribution in [0.2, 0.25) is 0 Å². The molecule has 1 atom stereocenters. The zero-order valence-electron chi connectivity index (χ0n) is 16.3. The Kier molecular flexibility index (Phi) is 6.60. The number of rotatable bonds is 7. The third-order valence-corrected chi connectivity index (χ3v) is 4.86. The van der Waals surface area contributed by atoms with Crippen LogP contribution in [0.5, 0.6) is 5.75 Å². The number of carbonyl (C=O) groups is 2. The number of pyridine rings is 1. The zero-order valence-corrected chi connectivity index (χ0v) is 16.3. The predicted molar refractivity (Wildman–Crippen MR) is 106 cm³/mol. The van der Waals surface area contributed by atoms with Crippen molar-refractivity contribution in [2.75, 3.05) is 20.2 Å². The van der Waals surface area contributed by atoms with Gasteiger partial charge in [0.05, 0.1) is 31.8 Å². The van der Waals surface area contributed by atoms with Gasteiger partial charge in [-0.1, -0.05) is 18.2 Å². The van der Waals surface area contributed by atoms with E-state index in [4.69, 9.17) is 4.74 Å². The fourth-order valence-corrected chi connectivity index (χ4v) is 3.39. The van der Waals surface area contributed by atoms with Gasteiger partial charge in [0, 0.05) is 25.8 Å². The summed E-state index contributed by atoms with van der Waals surface area (Å²) >= 11 is 0. The normalized spacial score (nSPS) is 17.1. The summed E-state index contributed by atoms with van der Waals surface area (Å²) < 4.78 is 5.31. The van der Waals surface area contributed by atoms with Crippen LogP contribution < -0.4 is 15.4 Å². The maximum Gasteiger partial charge on any atom is 0.237 e. The molecule has 7 heteroatoms. The van der Waals surface area contributed by atoms with E-state index in [1.54, 1.807) is 13.3 Å². The molecule has 1 aromatic carbocycles. The molecule has 2 heterocycles. The van der Waals surface area contributed by atoms with Gasteiger partial charge in [-0.3, -0.25) is 19.5 Å². The van der Waals surface area contributed by atoms with Crippen molar-refractivity contribution < 1.29 is 14.3 Å². The van der Waals surface area contributed by atoms with Crippen molar-refractivity contribution in [3.8, 4) is 5.75 Å². The number of hydrogen-bond acceptors (Lipinski definition) is 5. The molecule has 7 nitrogen and oxygen atoms in total. The molecule has 28 heavy (non-hydrogen) atoms. The van der Waals surface area contributed by atoms with E-state index in [9.17, 15) is 9.59 Å². The van der Waals surface area contributed by atoms with Crippen molar-refractivity contribution in [1.82, 2.24) is 20.5 Å². The van der Waals surface area contributed by atoms with Gasteiger partial charge in [-0.15, -0.1) is 0 Å². The largest absolute Gasteiger partial charge is 0.496 e. The maximum atomic E-state index is 12.4. The van der Waals surface area contributed by atoms with E-state index in [1.807, 2.05) is 37.3 Å². The Hall–Kier alpha value is -2.93. The molecule has 1 unspecified atom stereocenters. The number of aromatic nitrogens is 1. The van der Waals surface area contributed by atoms with Gasteiger partial charge in [-0.05, 0) is 36.2 Å². The first-order valence-corrected chi connectivity index (χ1v) is 9.38. The van der Waals surface area contributed by atoms with Crippen LogP contribution in [0.3, 0.4) is 0 Å². The van der Waals surface area contributed by atoms with Gasteiger partial charge in [0.1, 0.15) is 5.75 Å². The number of nitrogens with one attached hydrogen (secondary N) is 2. The van der Waals surface area contributed by atoms with Crippen LogP contribution in [-0.4, -0.2) is 47.9 Å². The summed E-state index contributed by atoms with van der Waals surface area (Å²) in [6, 6.07) is 11.1. The molecule has 0 spiro atoms. The quantitative estimate of drug-likeness (QED) is 0.756. The summed E-state index contributed by atoms with van der Waals surface area (Å²) in [4.78, 5) is 31.1. The van der Waals surface area contributed by atoms with Crippen LogP contribution in [0.15, 0.2) is 42.6 Å². The second-order valence-corrected chi connectivity index (χ2v) is 6.88. The number of aryl methyl sites for hydroxylation is 1. The number of benzene rings is 1. The lowest BCUT2D eigenvalue weighted by Gasteiger charge is -2.34. The molecule has 1 aliphatic heterocycles. The number of ether oxygens (including phenoxy) is 1. The lowest BCUT2D eigenvalue weighted by molar-refractivity contribution is -0.134. The molecular weight excluding hydrogens is 356 g/mol. The minimum Gasteiger partial charge on any atom is -0.496 e. The maximum absolute atomic E-state index is 12.4. The van der Waals surface area contributed by atoms with E-state index in [0.29, 0.717) is 26.2 Å². The number of nitrogens with zero attached hydrogens (tertiary/aromatic N) is 2. The summed E-state index contributed by atoms with van der Waals surface area (Å²) in [7, 11) is 1.65. The molecule has 1 aromatic heterocycles. The van der Waals surface area contributed by atoms with Crippen molar-refractivity contribution in [3.63, 3.8) is 0 Å². The molecule has 2 amide bonds. The molecule has 0 radical (unpaired) electrons. The van der Waals surface area contributed by atoms with Gasteiger partial charge in [0.2, 0.25) is 11.8 Å². The standard InChI is InChI=1S/C21H26N4O3/c1-15-11-16(6-7-19(15)28-2)14-25-10-9-23-21(27)18(25)12-20(26)24-13-17-5-3-4-8-22-17/h3-8,11,18H,9-10,12-14H2,1-2H3,(H,23,27)(H,24,26). The van der Waals surface area contributed by atoms with E-state index in [2.05, 4.69) is 26.6 Å². The number of hydrogen-bond donors (Lipinski definition) is 2. The van der Waals surface area contributed by atoms with Crippen LogP contribution in [0.1, 0.15) is 23.2 Å². The third-order valence-electron chi connectivity index (χ3n) is 4.86. The Morgan fingerprint density at radius 3 is 2.93 bits per heavy atom. The Morgan fingerprint density at radius 2 is 2.21 bits per heavy atom. The second kappa shape index (κ2) is 9.32. The summed E-state index contributed by atoms with van der Waals surface area (Å²) in [6.07, 6.45) is 1.81. The van der Waals surface area contributed by atoms with Crippen LogP contribution in [-0.2, 0) is 22.7 Å². The van der Waals surface area contributed by atoms with E-state index >= 15 is 0 Å². The average Bonchev–Trinajstić information content (AvgIpc) is 2.70. The first-order chi connectivity index (χ1) is 13.6. The van der Waals surface area contributed by atoms with Crippen LogP contribution in [0, 0.1) is 6.92 Å². The first-order valence-electron chi connectivity index (χ1n) is 9.38. The van der Waals surface area contributed by atoms with Gasteiger partial charge in [0.25, 0.3) is 0 Å². The van der Waals surface area contributed by atoms with Crippen LogP contribution in [0.4, 0.5) is 0 Å². The van der Waals surface area contributed by atoms with E-state index in [-0.39, 0.29) is 18.2 Å². The summed E-state index contributed by atoms with van der Waals surface area (Å²) in [5.74, 6) is 0.568. The molecule has 3 rings (SSSR count). The summed E-state index contributed by atoms with van der Waals surface area (Å²) in [5.41, 5.74) is 2.92. The molecule has 1 fully saturated rings. The molecule has 0 bridgehead atoms. The van der Waals surface area contributed by atoms with Gasteiger partial charge in [-0.25, -0.2) is 0 Å². The predicted octanol–water partition coefficient (Wildman–Crippen LogP) is 1.41. The van der Waals surface area contributed by atoms with Gasteiger partial charge < -0.3 is 15.4 Å². The number of carbonyl (C=O) groups excluding carboxylic acids is 2. The summed E-state index contributed by atoms with van der Waals surface area (Å²) in [6.45, 7) is 4.24. The second-order valence-electron chi connectivity index (χ2n) is 6.88. The molecular formula is C21H26N4O3. The average molecular weight is 382 g/mol. The van der Waals surface area contributed by atoms with Crippen molar-refractivity contribution in [3.05, 3.63) is 59.4 Å². The number of methoxy groups -OCH3 is 1. The Labute approximate surface area is 165 Å². The Morgan fingerprint density at radius 1 is 1.36 bits per heavy atom. The minimum absolute atomic E-state index is 0.107. The SMILES string of the molecule is COc1ccc(CN2CCNC(=O)C2CC(=O)NCc2ccccn2)cc1C. The number of piperazine rings is 1. The topological polar surface area (TPSA) is 83.6 Å². The zero-order chi connectivity index (χ0) is 19.9. The van der Waals surface area contributed by atoms with E-state index in [0.717, 1.165) is 22.6 Å². The summed E-state index contributed by atoms with van der Waals surface area (Å²) in [5, 5.41) is 5.71. The van der Waals surface area contributed by atoms with Crippen molar-refractivity contribution >= 4 is 11.8 Å². The van der Waals surface area contributed by atoms with E-state index in [1.165, 1.54) is 0 Å². The molecule has 2 aromatic rings. The lowest BCUT2D eigenvalue weighted by atomic mass is 10.1. The van der Waals surface area contributed by atoms with Crippen molar-refractivity contribution in [2.45, 2.75) is 32.5 Å². The van der Waals surface area contributed by atoms with Crippen molar-refractivity contribution in [1.29, 1.82) is 0 Å². The molecule has 1 saturated heterocycles. The monoisotopic (exact) mass is 382 g/mol. The Bertz CT molecular complexity index is 826. The third kappa shape index (κ3) is 5.07. The van der Waals surface area contributed by atoms with Gasteiger partial charge in [-0.2, -0.15) is 0 Å². The van der Waals surface area contributed by atoms with Gasteiger partial charge >= 0.3 is 0 Å². The highest BCUT2D eigenvalue weighted by Gasteiger charge is 2.31. The molecule has 0 aliphatic carbocycles. The molecule has 148 valence electrons. The lowest BCUT2D eigenvalue weighted by Crippen LogP contribution is -2.56. The highest BCUT2D eigenvalue weighted by molar-refractivity contribution is 5.88. The molecule has 1 aliphatic rings. The highest BCUT2D eigenvalue weighted by Crippen LogP contribution is 2.21. The fraction of sp³-hybridized carbons (Fsp3) is 0.381. The van der Waals surface area contributed by atoms with E-state index < -0.39 is 6.04 Å². The smallest absolute Gasteiger partial charge is 0.237 e. The molecule has 2 N–H and O–H groups in total. The minimum atomic E-state index is -0.486.